The highest BCUT2D eigenvalue weighted by Gasteiger charge is 2.17. The van der Waals surface area contributed by atoms with Crippen molar-refractivity contribution in [3.05, 3.63) is 28.3 Å². The monoisotopic (exact) mass is 282 g/mol. The minimum Gasteiger partial charge on any atom is -0.487 e. The van der Waals surface area contributed by atoms with E-state index in [9.17, 15) is 14.9 Å². The Morgan fingerprint density at radius 3 is 2.70 bits per heavy atom. The summed E-state index contributed by atoms with van der Waals surface area (Å²) in [5.74, 6) is -0.719. The van der Waals surface area contributed by atoms with Crippen molar-refractivity contribution in [2.75, 3.05) is 11.9 Å². The summed E-state index contributed by atoms with van der Waals surface area (Å²) in [4.78, 5) is 21.1. The lowest BCUT2D eigenvalue weighted by molar-refractivity contribution is -0.385. The van der Waals surface area contributed by atoms with E-state index in [4.69, 9.17) is 9.84 Å². The Morgan fingerprint density at radius 2 is 2.20 bits per heavy atom. The molecule has 7 nitrogen and oxygen atoms in total. The van der Waals surface area contributed by atoms with Crippen LogP contribution >= 0.6 is 0 Å². The SMILES string of the molecule is CCOc1cc(NC(CC)CC(=O)O)ccc1[N+](=O)[O-]. The summed E-state index contributed by atoms with van der Waals surface area (Å²) < 4.78 is 5.24. The van der Waals surface area contributed by atoms with Crippen LogP contribution in [0.5, 0.6) is 5.75 Å². The molecule has 0 aliphatic heterocycles. The number of carboxylic acid groups (broad SMARTS) is 1. The van der Waals surface area contributed by atoms with E-state index in [0.29, 0.717) is 18.7 Å². The van der Waals surface area contributed by atoms with Crippen molar-refractivity contribution < 1.29 is 19.6 Å². The van der Waals surface area contributed by atoms with Crippen molar-refractivity contribution in [2.45, 2.75) is 32.7 Å². The number of aliphatic carboxylic acids is 1. The van der Waals surface area contributed by atoms with Gasteiger partial charge in [-0.05, 0) is 19.4 Å². The topological polar surface area (TPSA) is 102 Å². The predicted octanol–water partition coefficient (Wildman–Crippen LogP) is 2.66. The van der Waals surface area contributed by atoms with Crippen molar-refractivity contribution in [3.63, 3.8) is 0 Å². The van der Waals surface area contributed by atoms with Gasteiger partial charge >= 0.3 is 11.7 Å². The van der Waals surface area contributed by atoms with Gasteiger partial charge in [0, 0.05) is 23.9 Å². The van der Waals surface area contributed by atoms with E-state index in [1.165, 1.54) is 12.1 Å². The Kier molecular flexibility index (Phi) is 5.76. The number of carboxylic acids is 1. The van der Waals surface area contributed by atoms with Gasteiger partial charge in [0.2, 0.25) is 0 Å². The number of anilines is 1. The van der Waals surface area contributed by atoms with Crippen molar-refractivity contribution in [1.82, 2.24) is 0 Å². The minimum absolute atomic E-state index is 0.0164. The van der Waals surface area contributed by atoms with E-state index < -0.39 is 10.9 Å². The van der Waals surface area contributed by atoms with Gasteiger partial charge < -0.3 is 15.2 Å². The van der Waals surface area contributed by atoms with E-state index in [1.54, 1.807) is 13.0 Å². The largest absolute Gasteiger partial charge is 0.487 e. The van der Waals surface area contributed by atoms with Crippen molar-refractivity contribution in [1.29, 1.82) is 0 Å². The molecule has 0 spiro atoms. The summed E-state index contributed by atoms with van der Waals surface area (Å²) in [6.07, 6.45) is 0.616. The number of hydrogen-bond donors (Lipinski definition) is 2. The van der Waals surface area contributed by atoms with Gasteiger partial charge in [0.1, 0.15) is 0 Å². The summed E-state index contributed by atoms with van der Waals surface area (Å²) in [5, 5.41) is 22.7. The molecule has 0 amide bonds. The summed E-state index contributed by atoms with van der Waals surface area (Å²) in [5.41, 5.74) is 0.496. The lowest BCUT2D eigenvalue weighted by Gasteiger charge is -2.17. The molecule has 1 unspecified atom stereocenters. The molecule has 1 rings (SSSR count). The number of hydrogen-bond acceptors (Lipinski definition) is 5. The first-order chi connectivity index (χ1) is 9.47. The Hall–Kier alpha value is -2.31. The molecule has 1 aromatic carbocycles. The fourth-order valence-corrected chi connectivity index (χ4v) is 1.77. The molecule has 0 heterocycles. The Labute approximate surface area is 116 Å². The zero-order valence-electron chi connectivity index (χ0n) is 11.5. The molecule has 20 heavy (non-hydrogen) atoms. The van der Waals surface area contributed by atoms with Crippen molar-refractivity contribution in [2.24, 2.45) is 0 Å². The molecule has 0 fully saturated rings. The van der Waals surface area contributed by atoms with Crippen LogP contribution < -0.4 is 10.1 Å². The maximum atomic E-state index is 10.9. The highest BCUT2D eigenvalue weighted by Crippen LogP contribution is 2.30. The molecule has 7 heteroatoms. The molecule has 0 aromatic heterocycles. The standard InChI is InChI=1S/C13H18N2O5/c1-3-9(8-13(16)17)14-10-5-6-11(15(18)19)12(7-10)20-4-2/h5-7,9,14H,3-4,8H2,1-2H3,(H,16,17). The normalized spacial score (nSPS) is 11.7. The Bertz CT molecular complexity index is 490. The Balaban J connectivity index is 2.93. The lowest BCUT2D eigenvalue weighted by Crippen LogP contribution is -2.22. The fraction of sp³-hybridized carbons (Fsp3) is 0.462. The molecule has 2 N–H and O–H groups in total. The molecule has 0 saturated carbocycles. The highest BCUT2D eigenvalue weighted by molar-refractivity contribution is 5.68. The van der Waals surface area contributed by atoms with Gasteiger partial charge in [-0.3, -0.25) is 14.9 Å². The van der Waals surface area contributed by atoms with Gasteiger partial charge in [-0.1, -0.05) is 6.92 Å². The Morgan fingerprint density at radius 1 is 1.50 bits per heavy atom. The van der Waals surface area contributed by atoms with E-state index in [1.807, 2.05) is 6.92 Å². The zero-order chi connectivity index (χ0) is 15.1. The minimum atomic E-state index is -0.892. The molecule has 110 valence electrons. The van der Waals surface area contributed by atoms with Crippen LogP contribution in [0.25, 0.3) is 0 Å². The number of carbonyl (C=O) groups is 1. The van der Waals surface area contributed by atoms with Crippen molar-refractivity contribution in [3.8, 4) is 5.75 Å². The molecule has 0 bridgehead atoms. The van der Waals surface area contributed by atoms with Crippen LogP contribution in [0.2, 0.25) is 0 Å². The van der Waals surface area contributed by atoms with Gasteiger partial charge in [-0.15, -0.1) is 0 Å². The summed E-state index contributed by atoms with van der Waals surface area (Å²) >= 11 is 0. The number of ether oxygens (including phenoxy) is 1. The predicted molar refractivity (Wildman–Crippen MR) is 74.2 cm³/mol. The molecule has 1 aromatic rings. The fourth-order valence-electron chi connectivity index (χ4n) is 1.77. The molecule has 0 saturated heterocycles. The van der Waals surface area contributed by atoms with Gasteiger partial charge in [0.15, 0.2) is 5.75 Å². The lowest BCUT2D eigenvalue weighted by atomic mass is 10.1. The van der Waals surface area contributed by atoms with Crippen LogP contribution in [0.4, 0.5) is 11.4 Å². The van der Waals surface area contributed by atoms with Crippen LogP contribution in [0.15, 0.2) is 18.2 Å². The van der Waals surface area contributed by atoms with Crippen LogP contribution in [-0.4, -0.2) is 28.6 Å². The van der Waals surface area contributed by atoms with E-state index in [0.717, 1.165) is 0 Å². The molecule has 1 atom stereocenters. The molecule has 0 aliphatic carbocycles. The van der Waals surface area contributed by atoms with E-state index >= 15 is 0 Å². The second-order valence-corrected chi connectivity index (χ2v) is 4.22. The number of nitro groups is 1. The quantitative estimate of drug-likeness (QED) is 0.561. The number of nitrogens with one attached hydrogen (secondary N) is 1. The van der Waals surface area contributed by atoms with Crippen LogP contribution in [-0.2, 0) is 4.79 Å². The summed E-state index contributed by atoms with van der Waals surface area (Å²) in [7, 11) is 0. The second kappa shape index (κ2) is 7.32. The summed E-state index contributed by atoms with van der Waals surface area (Å²) in [6.45, 7) is 3.93. The maximum Gasteiger partial charge on any atom is 0.311 e. The van der Waals surface area contributed by atoms with Gasteiger partial charge in [-0.2, -0.15) is 0 Å². The van der Waals surface area contributed by atoms with Gasteiger partial charge in [0.05, 0.1) is 18.0 Å². The van der Waals surface area contributed by atoms with E-state index in [-0.39, 0.29) is 23.9 Å². The first-order valence-electron chi connectivity index (χ1n) is 6.37. The maximum absolute atomic E-state index is 10.9. The molecular formula is C13H18N2O5. The smallest absolute Gasteiger partial charge is 0.311 e. The number of nitrogens with zero attached hydrogens (tertiary/aromatic N) is 1. The van der Waals surface area contributed by atoms with E-state index in [2.05, 4.69) is 5.32 Å². The van der Waals surface area contributed by atoms with Crippen LogP contribution in [0, 0.1) is 10.1 Å². The first-order valence-corrected chi connectivity index (χ1v) is 6.37. The zero-order valence-corrected chi connectivity index (χ0v) is 11.5. The van der Waals surface area contributed by atoms with Crippen LogP contribution in [0.3, 0.4) is 0 Å². The molecule has 0 aliphatic rings. The highest BCUT2D eigenvalue weighted by atomic mass is 16.6. The van der Waals surface area contributed by atoms with Gasteiger partial charge in [-0.25, -0.2) is 0 Å². The van der Waals surface area contributed by atoms with Gasteiger partial charge in [0.25, 0.3) is 0 Å². The van der Waals surface area contributed by atoms with Crippen molar-refractivity contribution >= 4 is 17.3 Å². The summed E-state index contributed by atoms with van der Waals surface area (Å²) in [6, 6.07) is 4.18. The third-order valence-corrected chi connectivity index (χ3v) is 2.74. The number of rotatable bonds is 8. The number of benzene rings is 1. The molecular weight excluding hydrogens is 264 g/mol. The number of nitro benzene ring substituents is 1. The third-order valence-electron chi connectivity index (χ3n) is 2.74. The third kappa shape index (κ3) is 4.42. The molecule has 0 radical (unpaired) electrons. The average Bonchev–Trinajstić information content (AvgIpc) is 2.37. The van der Waals surface area contributed by atoms with Crippen LogP contribution in [0.1, 0.15) is 26.7 Å². The second-order valence-electron chi connectivity index (χ2n) is 4.22. The average molecular weight is 282 g/mol. The first kappa shape index (κ1) is 15.7.